The van der Waals surface area contributed by atoms with Crippen LogP contribution in [0.3, 0.4) is 0 Å². The van der Waals surface area contributed by atoms with Crippen LogP contribution in [-0.4, -0.2) is 38.3 Å². The van der Waals surface area contributed by atoms with Crippen molar-refractivity contribution >= 4 is 22.8 Å². The van der Waals surface area contributed by atoms with Crippen molar-refractivity contribution < 1.29 is 29.3 Å². The minimum absolute atomic E-state index is 0.0810. The van der Waals surface area contributed by atoms with Crippen LogP contribution in [-0.2, 0) is 39.5 Å². The zero-order valence-electron chi connectivity index (χ0n) is 20.1. The summed E-state index contributed by atoms with van der Waals surface area (Å²) in [5, 5.41) is 20.9. The van der Waals surface area contributed by atoms with Gasteiger partial charge in [-0.05, 0) is 42.7 Å². The lowest BCUT2D eigenvalue weighted by Gasteiger charge is -2.31. The number of cyclic esters (lactones) is 1. The number of esters is 1. The van der Waals surface area contributed by atoms with Crippen LogP contribution < -0.4 is 10.3 Å². The molecule has 2 aromatic heterocycles. The molecule has 2 aliphatic heterocycles. The van der Waals surface area contributed by atoms with Gasteiger partial charge in [0.2, 0.25) is 0 Å². The molecule has 0 radical (unpaired) electrons. The van der Waals surface area contributed by atoms with Gasteiger partial charge in [0, 0.05) is 28.5 Å². The zero-order valence-corrected chi connectivity index (χ0v) is 20.1. The molecule has 36 heavy (non-hydrogen) atoms. The van der Waals surface area contributed by atoms with Crippen molar-refractivity contribution in [3.8, 4) is 17.1 Å². The lowest BCUT2D eigenvalue weighted by atomic mass is 9.86. The van der Waals surface area contributed by atoms with Crippen molar-refractivity contribution in [3.63, 3.8) is 0 Å². The first-order valence-electron chi connectivity index (χ1n) is 11.9. The molecule has 186 valence electrons. The number of fused-ring (bicyclic) bond motifs is 5. The molecule has 2 N–H and O–H groups in total. The van der Waals surface area contributed by atoms with Gasteiger partial charge in [-0.25, -0.2) is 14.6 Å². The Bertz CT molecular complexity index is 1520. The second-order valence-corrected chi connectivity index (χ2v) is 9.06. The number of carboxylic acid groups (broad SMARTS) is 1. The van der Waals surface area contributed by atoms with E-state index in [4.69, 9.17) is 19.6 Å². The number of carbonyl (C=O) groups is 2. The maximum Gasteiger partial charge on any atom is 0.343 e. The van der Waals surface area contributed by atoms with Crippen LogP contribution >= 0.6 is 0 Å². The summed E-state index contributed by atoms with van der Waals surface area (Å²) in [7, 11) is 0. The first kappa shape index (κ1) is 23.7. The number of aliphatic hydroxyl groups is 1. The van der Waals surface area contributed by atoms with Crippen LogP contribution in [0.2, 0.25) is 0 Å². The zero-order chi connectivity index (χ0) is 25.8. The van der Waals surface area contributed by atoms with Crippen LogP contribution in [0.25, 0.3) is 22.3 Å². The minimum atomic E-state index is -1.87. The fraction of sp³-hybridized carbons (Fsp3) is 0.333. The van der Waals surface area contributed by atoms with E-state index in [0.29, 0.717) is 30.1 Å². The van der Waals surface area contributed by atoms with Crippen molar-refractivity contribution in [1.29, 1.82) is 0 Å². The maximum absolute atomic E-state index is 13.4. The van der Waals surface area contributed by atoms with Gasteiger partial charge in [0.25, 0.3) is 5.56 Å². The Morgan fingerprint density at radius 1 is 1.25 bits per heavy atom. The number of hydrogen-bond donors (Lipinski definition) is 2. The molecule has 3 aromatic rings. The van der Waals surface area contributed by atoms with Gasteiger partial charge in [-0.2, -0.15) is 0 Å². The van der Waals surface area contributed by atoms with Gasteiger partial charge < -0.3 is 24.3 Å². The molecule has 0 amide bonds. The standard InChI is InChI=1S/C27H26N2O7/c1-4-16-17-10-15(35-9-8-14(3)25(31)32)6-7-21(17)28-23-18(16)12-29-22(23)11-20-19(24(29)30)13-36-26(33)27(20,34)5-2/h6-7,10-11,34H,3-5,8-9,12-13H2,1-2H3,(H,31,32)/t27-/m0/s1. The molecule has 2 aliphatic rings. The van der Waals surface area contributed by atoms with Gasteiger partial charge in [-0.15, -0.1) is 0 Å². The number of aliphatic carboxylic acids is 1. The largest absolute Gasteiger partial charge is 0.493 e. The number of carbonyl (C=O) groups excluding carboxylic acids is 1. The van der Waals surface area contributed by atoms with E-state index >= 15 is 0 Å². The first-order valence-corrected chi connectivity index (χ1v) is 11.9. The summed E-state index contributed by atoms with van der Waals surface area (Å²) in [6.07, 6.45) is 0.974. The highest BCUT2D eigenvalue weighted by Crippen LogP contribution is 2.40. The van der Waals surface area contributed by atoms with E-state index in [9.17, 15) is 19.5 Å². The number of rotatable bonds is 7. The van der Waals surface area contributed by atoms with E-state index in [1.54, 1.807) is 23.6 Å². The Hall–Kier alpha value is -3.98. The van der Waals surface area contributed by atoms with Crippen LogP contribution in [0.4, 0.5) is 0 Å². The lowest BCUT2D eigenvalue weighted by molar-refractivity contribution is -0.172. The quantitative estimate of drug-likeness (QED) is 0.299. The lowest BCUT2D eigenvalue weighted by Crippen LogP contribution is -2.44. The van der Waals surface area contributed by atoms with Crippen molar-refractivity contribution in [1.82, 2.24) is 9.55 Å². The van der Waals surface area contributed by atoms with Gasteiger partial charge in [0.05, 0.1) is 35.6 Å². The van der Waals surface area contributed by atoms with E-state index in [1.807, 2.05) is 19.1 Å². The number of benzene rings is 1. The predicted octanol–water partition coefficient (Wildman–Crippen LogP) is 3.05. The number of aromatic nitrogens is 2. The number of aryl methyl sites for hydroxylation is 1. The van der Waals surface area contributed by atoms with Gasteiger partial charge in [0.1, 0.15) is 12.4 Å². The average molecular weight is 491 g/mol. The molecule has 0 unspecified atom stereocenters. The fourth-order valence-electron chi connectivity index (χ4n) is 5.03. The highest BCUT2D eigenvalue weighted by atomic mass is 16.6. The Morgan fingerprint density at radius 3 is 2.72 bits per heavy atom. The van der Waals surface area contributed by atoms with Crippen LogP contribution in [0, 0.1) is 0 Å². The van der Waals surface area contributed by atoms with E-state index < -0.39 is 17.5 Å². The van der Waals surface area contributed by atoms with Crippen LogP contribution in [0.1, 0.15) is 48.9 Å². The summed E-state index contributed by atoms with van der Waals surface area (Å²) in [6.45, 7) is 7.56. The molecular weight excluding hydrogens is 464 g/mol. The van der Waals surface area contributed by atoms with E-state index in [-0.39, 0.29) is 48.3 Å². The number of carboxylic acids is 1. The van der Waals surface area contributed by atoms with Crippen molar-refractivity contribution in [2.75, 3.05) is 6.61 Å². The SMILES string of the molecule is C=C(CCOc1ccc2nc3c(c(CC)c2c1)Cn1c-3cc2c(c1=O)COC(=O)[C@]2(O)CC)C(=O)O. The molecule has 0 bridgehead atoms. The molecule has 0 spiro atoms. The summed E-state index contributed by atoms with van der Waals surface area (Å²) < 4.78 is 12.5. The normalized spacial score (nSPS) is 17.8. The third kappa shape index (κ3) is 3.50. The van der Waals surface area contributed by atoms with E-state index in [2.05, 4.69) is 6.58 Å². The van der Waals surface area contributed by atoms with Crippen LogP contribution in [0.5, 0.6) is 5.75 Å². The Kier molecular flexibility index (Phi) is 5.67. The van der Waals surface area contributed by atoms with E-state index in [0.717, 1.165) is 22.0 Å². The second-order valence-electron chi connectivity index (χ2n) is 9.06. The van der Waals surface area contributed by atoms with Crippen LogP contribution in [0.15, 0.2) is 41.2 Å². The number of nitrogens with zero attached hydrogens (tertiary/aromatic N) is 2. The third-order valence-corrected chi connectivity index (χ3v) is 7.11. The molecule has 0 aliphatic carbocycles. The van der Waals surface area contributed by atoms with Gasteiger partial charge in [-0.1, -0.05) is 20.4 Å². The van der Waals surface area contributed by atoms with Gasteiger partial charge in [0.15, 0.2) is 5.60 Å². The molecule has 0 fully saturated rings. The number of hydrogen-bond acceptors (Lipinski definition) is 7. The molecule has 9 nitrogen and oxygen atoms in total. The summed E-state index contributed by atoms with van der Waals surface area (Å²) >= 11 is 0. The molecule has 5 rings (SSSR count). The number of ether oxygens (including phenoxy) is 2. The van der Waals surface area contributed by atoms with Crippen molar-refractivity contribution in [3.05, 3.63) is 69.0 Å². The monoisotopic (exact) mass is 490 g/mol. The maximum atomic E-state index is 13.4. The molecule has 0 saturated heterocycles. The van der Waals surface area contributed by atoms with Crippen molar-refractivity contribution in [2.24, 2.45) is 0 Å². The smallest absolute Gasteiger partial charge is 0.343 e. The minimum Gasteiger partial charge on any atom is -0.493 e. The molecule has 1 atom stereocenters. The first-order chi connectivity index (χ1) is 17.2. The summed E-state index contributed by atoms with van der Waals surface area (Å²) in [6, 6.07) is 7.18. The summed E-state index contributed by atoms with van der Waals surface area (Å²) in [5.74, 6) is -1.21. The molecular formula is C27H26N2O7. The summed E-state index contributed by atoms with van der Waals surface area (Å²) in [5.41, 5.74) is 2.37. The van der Waals surface area contributed by atoms with E-state index in [1.165, 1.54) is 0 Å². The summed E-state index contributed by atoms with van der Waals surface area (Å²) in [4.78, 5) is 41.6. The molecule has 1 aromatic carbocycles. The predicted molar refractivity (Wildman–Crippen MR) is 131 cm³/mol. The number of pyridine rings is 2. The highest BCUT2D eigenvalue weighted by molar-refractivity contribution is 5.90. The Balaban J connectivity index is 1.59. The third-order valence-electron chi connectivity index (χ3n) is 7.11. The van der Waals surface area contributed by atoms with Crippen molar-refractivity contribution in [2.45, 2.75) is 51.9 Å². The van der Waals surface area contributed by atoms with Gasteiger partial charge >= 0.3 is 11.9 Å². The topological polar surface area (TPSA) is 128 Å². The fourth-order valence-corrected chi connectivity index (χ4v) is 5.03. The Morgan fingerprint density at radius 2 is 2.03 bits per heavy atom. The second kappa shape index (κ2) is 8.60. The Labute approximate surface area is 206 Å². The average Bonchev–Trinajstić information content (AvgIpc) is 3.23. The molecule has 0 saturated carbocycles. The molecule has 4 heterocycles. The van der Waals surface area contributed by atoms with Gasteiger partial charge in [-0.3, -0.25) is 4.79 Å². The highest BCUT2D eigenvalue weighted by Gasteiger charge is 2.45. The molecule has 9 heteroatoms.